The van der Waals surface area contributed by atoms with Gasteiger partial charge in [0.15, 0.2) is 0 Å². The summed E-state index contributed by atoms with van der Waals surface area (Å²) in [6.07, 6.45) is 6.64. The Kier molecular flexibility index (Phi) is 4.53. The van der Waals surface area contributed by atoms with Gasteiger partial charge in [-0.1, -0.05) is 26.7 Å². The third kappa shape index (κ3) is 2.80. The molecule has 0 amide bonds. The number of hydrogen-bond donors (Lipinski definition) is 1. The summed E-state index contributed by atoms with van der Waals surface area (Å²) in [6, 6.07) is 2.55. The maximum absolute atomic E-state index is 11.2. The van der Waals surface area contributed by atoms with Crippen LogP contribution in [0.25, 0.3) is 0 Å². The summed E-state index contributed by atoms with van der Waals surface area (Å²) in [5.41, 5.74) is -1.26. The van der Waals surface area contributed by atoms with Gasteiger partial charge in [0.05, 0.1) is 17.1 Å². The van der Waals surface area contributed by atoms with Gasteiger partial charge in [0, 0.05) is 6.54 Å². The van der Waals surface area contributed by atoms with Crippen LogP contribution in [0.4, 0.5) is 0 Å². The van der Waals surface area contributed by atoms with Gasteiger partial charge < -0.3 is 10.0 Å². The fourth-order valence-corrected chi connectivity index (χ4v) is 4.15. The highest BCUT2D eigenvalue weighted by Crippen LogP contribution is 2.50. The lowest BCUT2D eigenvalue weighted by atomic mass is 9.59. The average molecular weight is 264 g/mol. The largest absolute Gasteiger partial charge is 0.388 e. The van der Waals surface area contributed by atoms with Crippen molar-refractivity contribution in [3.8, 4) is 6.07 Å². The van der Waals surface area contributed by atoms with Crippen molar-refractivity contribution in [1.29, 1.82) is 5.26 Å². The fraction of sp³-hybridized carbons (Fsp3) is 0.938. The van der Waals surface area contributed by atoms with Gasteiger partial charge in [-0.2, -0.15) is 5.26 Å². The zero-order valence-electron chi connectivity index (χ0n) is 12.5. The smallest absolute Gasteiger partial charge is 0.0863 e. The zero-order valence-corrected chi connectivity index (χ0v) is 12.5. The van der Waals surface area contributed by atoms with E-state index >= 15 is 0 Å². The van der Waals surface area contributed by atoms with Crippen molar-refractivity contribution in [2.75, 3.05) is 19.6 Å². The molecule has 108 valence electrons. The molecule has 3 unspecified atom stereocenters. The van der Waals surface area contributed by atoms with Gasteiger partial charge in [-0.25, -0.2) is 0 Å². The lowest BCUT2D eigenvalue weighted by Crippen LogP contribution is -2.50. The molecule has 0 spiro atoms. The average Bonchev–Trinajstić information content (AvgIpc) is 2.61. The first-order valence-corrected chi connectivity index (χ1v) is 7.91. The number of nitrogens with zero attached hydrogens (tertiary/aromatic N) is 2. The number of nitriles is 1. The van der Waals surface area contributed by atoms with E-state index in [1.807, 2.05) is 0 Å². The SMILES string of the molecule is CCN1CCCC(O)(C2(C#N)CCCC(C)C2)CC1. The number of hydrogen-bond acceptors (Lipinski definition) is 3. The third-order valence-electron chi connectivity index (χ3n) is 5.46. The Labute approximate surface area is 117 Å². The van der Waals surface area contributed by atoms with Crippen LogP contribution in [0.3, 0.4) is 0 Å². The molecule has 1 aliphatic carbocycles. The van der Waals surface area contributed by atoms with Crippen molar-refractivity contribution in [2.45, 2.75) is 64.4 Å². The highest BCUT2D eigenvalue weighted by Gasteiger charge is 2.52. The maximum Gasteiger partial charge on any atom is 0.0863 e. The molecule has 0 aromatic heterocycles. The molecule has 19 heavy (non-hydrogen) atoms. The molecule has 1 saturated heterocycles. The molecule has 0 radical (unpaired) electrons. The second kappa shape index (κ2) is 5.81. The van der Waals surface area contributed by atoms with E-state index in [2.05, 4.69) is 24.8 Å². The monoisotopic (exact) mass is 264 g/mol. The Hall–Kier alpha value is -0.590. The van der Waals surface area contributed by atoms with Crippen molar-refractivity contribution >= 4 is 0 Å². The number of rotatable bonds is 2. The van der Waals surface area contributed by atoms with Crippen molar-refractivity contribution < 1.29 is 5.11 Å². The van der Waals surface area contributed by atoms with Gasteiger partial charge in [0.2, 0.25) is 0 Å². The second-order valence-corrected chi connectivity index (χ2v) is 6.71. The minimum Gasteiger partial charge on any atom is -0.388 e. The van der Waals surface area contributed by atoms with Gasteiger partial charge in [0.1, 0.15) is 0 Å². The van der Waals surface area contributed by atoms with Crippen molar-refractivity contribution in [3.05, 3.63) is 0 Å². The van der Waals surface area contributed by atoms with Crippen LogP contribution in [0, 0.1) is 22.7 Å². The maximum atomic E-state index is 11.2. The summed E-state index contributed by atoms with van der Waals surface area (Å²) < 4.78 is 0. The van der Waals surface area contributed by atoms with E-state index in [0.717, 1.165) is 58.2 Å². The summed E-state index contributed by atoms with van der Waals surface area (Å²) in [5.74, 6) is 0.572. The Bertz CT molecular complexity index is 351. The predicted molar refractivity (Wildman–Crippen MR) is 76.6 cm³/mol. The molecule has 2 rings (SSSR count). The Morgan fingerprint density at radius 1 is 1.26 bits per heavy atom. The molecule has 2 fully saturated rings. The Balaban J connectivity index is 2.18. The molecule has 3 atom stereocenters. The summed E-state index contributed by atoms with van der Waals surface area (Å²) >= 11 is 0. The van der Waals surface area contributed by atoms with Crippen molar-refractivity contribution in [3.63, 3.8) is 0 Å². The molecule has 0 bridgehead atoms. The van der Waals surface area contributed by atoms with Gasteiger partial charge >= 0.3 is 0 Å². The predicted octanol–water partition coefficient (Wildman–Crippen LogP) is 2.94. The van der Waals surface area contributed by atoms with E-state index in [4.69, 9.17) is 0 Å². The first-order valence-electron chi connectivity index (χ1n) is 7.91. The first kappa shape index (κ1) is 14.8. The second-order valence-electron chi connectivity index (χ2n) is 6.71. The van der Waals surface area contributed by atoms with Gasteiger partial charge in [0.25, 0.3) is 0 Å². The van der Waals surface area contributed by atoms with Gasteiger partial charge in [-0.3, -0.25) is 0 Å². The molecule has 1 saturated carbocycles. The van der Waals surface area contributed by atoms with Crippen LogP contribution in [0.5, 0.6) is 0 Å². The minimum absolute atomic E-state index is 0.492. The molecule has 1 heterocycles. The lowest BCUT2D eigenvalue weighted by molar-refractivity contribution is -0.0897. The molecule has 0 aromatic carbocycles. The lowest BCUT2D eigenvalue weighted by Gasteiger charge is -2.46. The molecule has 2 aliphatic rings. The molecular weight excluding hydrogens is 236 g/mol. The van der Waals surface area contributed by atoms with Crippen molar-refractivity contribution in [1.82, 2.24) is 4.90 Å². The molecule has 1 aliphatic heterocycles. The van der Waals surface area contributed by atoms with E-state index in [1.54, 1.807) is 0 Å². The van der Waals surface area contributed by atoms with Crippen molar-refractivity contribution in [2.24, 2.45) is 11.3 Å². The summed E-state index contributed by atoms with van der Waals surface area (Å²) in [4.78, 5) is 2.40. The van der Waals surface area contributed by atoms with Crippen LogP contribution in [-0.4, -0.2) is 35.2 Å². The molecular formula is C16H28N2O. The first-order chi connectivity index (χ1) is 9.05. The molecule has 3 nitrogen and oxygen atoms in total. The quantitative estimate of drug-likeness (QED) is 0.834. The standard InChI is InChI=1S/C16H28N2O/c1-3-18-10-5-8-16(19,9-11-18)15(13-17)7-4-6-14(2)12-15/h14,19H,3-12H2,1-2H3. The van der Waals surface area contributed by atoms with E-state index in [0.29, 0.717) is 5.92 Å². The van der Waals surface area contributed by atoms with Gasteiger partial charge in [-0.05, 0) is 51.1 Å². The molecule has 1 N–H and O–H groups in total. The third-order valence-corrected chi connectivity index (χ3v) is 5.46. The summed E-state index contributed by atoms with van der Waals surface area (Å²) in [7, 11) is 0. The molecule has 3 heteroatoms. The summed E-state index contributed by atoms with van der Waals surface area (Å²) in [5, 5.41) is 21.0. The fourth-order valence-electron chi connectivity index (χ4n) is 4.15. The van der Waals surface area contributed by atoms with E-state index in [1.165, 1.54) is 6.42 Å². The normalized spacial score (nSPS) is 41.5. The van der Waals surface area contributed by atoms with Crippen LogP contribution in [-0.2, 0) is 0 Å². The Morgan fingerprint density at radius 3 is 2.68 bits per heavy atom. The Morgan fingerprint density at radius 2 is 2.05 bits per heavy atom. The highest BCUT2D eigenvalue weighted by atomic mass is 16.3. The summed E-state index contributed by atoms with van der Waals surface area (Å²) in [6.45, 7) is 7.45. The van der Waals surface area contributed by atoms with E-state index < -0.39 is 11.0 Å². The van der Waals surface area contributed by atoms with Crippen LogP contribution < -0.4 is 0 Å². The number of aliphatic hydroxyl groups is 1. The number of likely N-dealkylation sites (tertiary alicyclic amines) is 1. The van der Waals surface area contributed by atoms with E-state index in [-0.39, 0.29) is 0 Å². The topological polar surface area (TPSA) is 47.3 Å². The van der Waals surface area contributed by atoms with Crippen LogP contribution in [0.15, 0.2) is 0 Å². The van der Waals surface area contributed by atoms with Gasteiger partial charge in [-0.15, -0.1) is 0 Å². The van der Waals surface area contributed by atoms with Crippen LogP contribution in [0.2, 0.25) is 0 Å². The highest BCUT2D eigenvalue weighted by molar-refractivity contribution is 5.13. The van der Waals surface area contributed by atoms with Crippen LogP contribution in [0.1, 0.15) is 58.8 Å². The molecule has 0 aromatic rings. The minimum atomic E-state index is -0.764. The van der Waals surface area contributed by atoms with E-state index in [9.17, 15) is 10.4 Å². The zero-order chi connectivity index (χ0) is 13.9. The van der Waals surface area contributed by atoms with Crippen LogP contribution >= 0.6 is 0 Å².